The van der Waals surface area contributed by atoms with Gasteiger partial charge in [0.15, 0.2) is 0 Å². The largest absolute Gasteiger partial charge is 0.351 e. The maximum absolute atomic E-state index is 5.39. The number of piperidine rings is 1. The highest BCUT2D eigenvalue weighted by Gasteiger charge is 2.41. The molecule has 3 heterocycles. The zero-order chi connectivity index (χ0) is 13.4. The number of aromatic nitrogens is 1. The smallest absolute Gasteiger partial charge is 0.129 e. The maximum atomic E-state index is 5.39. The Bertz CT molecular complexity index is 469. The van der Waals surface area contributed by atoms with E-state index in [1.807, 2.05) is 12.3 Å². The van der Waals surface area contributed by atoms with Crippen LogP contribution < -0.4 is 4.90 Å². The summed E-state index contributed by atoms with van der Waals surface area (Å²) >= 11 is 0. The van der Waals surface area contributed by atoms with Crippen LogP contribution in [0.4, 0.5) is 5.82 Å². The van der Waals surface area contributed by atoms with Gasteiger partial charge in [0.1, 0.15) is 5.82 Å². The van der Waals surface area contributed by atoms with Crippen molar-refractivity contribution in [3.63, 3.8) is 0 Å². The molecule has 2 saturated heterocycles. The quantitative estimate of drug-likeness (QED) is 0.751. The molecule has 0 radical (unpaired) electrons. The van der Waals surface area contributed by atoms with Crippen molar-refractivity contribution in [2.45, 2.75) is 51.6 Å². The van der Waals surface area contributed by atoms with Crippen molar-refractivity contribution < 1.29 is 0 Å². The number of anilines is 1. The third-order valence-electron chi connectivity index (χ3n) is 4.89. The highest BCUT2D eigenvalue weighted by atomic mass is 15.3. The van der Waals surface area contributed by atoms with Gasteiger partial charge in [0.25, 0.3) is 0 Å². The van der Waals surface area contributed by atoms with E-state index in [0.29, 0.717) is 12.1 Å². The van der Waals surface area contributed by atoms with E-state index < -0.39 is 0 Å². The number of rotatable bonds is 2. The Morgan fingerprint density at radius 3 is 2.42 bits per heavy atom. The lowest BCUT2D eigenvalue weighted by Crippen LogP contribution is -2.44. The lowest BCUT2D eigenvalue weighted by Gasteiger charge is -2.41. The number of terminal acetylenes is 1. The number of pyridine rings is 1. The maximum Gasteiger partial charge on any atom is 0.129 e. The van der Waals surface area contributed by atoms with Crippen LogP contribution in [0.3, 0.4) is 0 Å². The molecule has 0 amide bonds. The van der Waals surface area contributed by atoms with Crippen molar-refractivity contribution in [2.75, 3.05) is 4.90 Å². The molecule has 1 aromatic heterocycles. The topological polar surface area (TPSA) is 16.1 Å². The summed E-state index contributed by atoms with van der Waals surface area (Å²) in [6.07, 6.45) is 12.5. The van der Waals surface area contributed by atoms with Gasteiger partial charge in [-0.3, -0.25) is 0 Å². The van der Waals surface area contributed by atoms with Gasteiger partial charge in [0, 0.05) is 23.8 Å². The third-order valence-corrected chi connectivity index (χ3v) is 4.89. The minimum absolute atomic E-state index is 0.690. The van der Waals surface area contributed by atoms with Gasteiger partial charge in [-0.1, -0.05) is 19.8 Å². The molecule has 100 valence electrons. The Morgan fingerprint density at radius 1 is 1.26 bits per heavy atom. The molecule has 0 N–H and O–H groups in total. The van der Waals surface area contributed by atoms with E-state index in [4.69, 9.17) is 6.42 Å². The number of fused-ring (bicyclic) bond motifs is 2. The van der Waals surface area contributed by atoms with Crippen LogP contribution in [-0.4, -0.2) is 17.1 Å². The van der Waals surface area contributed by atoms with E-state index in [1.165, 1.54) is 25.7 Å². The first-order chi connectivity index (χ1) is 9.19. The molecule has 2 bridgehead atoms. The van der Waals surface area contributed by atoms with Gasteiger partial charge >= 0.3 is 0 Å². The molecule has 0 aliphatic carbocycles. The van der Waals surface area contributed by atoms with Gasteiger partial charge in [-0.25, -0.2) is 4.98 Å². The minimum Gasteiger partial charge on any atom is -0.351 e. The molecule has 3 rings (SSSR count). The predicted molar refractivity (Wildman–Crippen MR) is 79.0 cm³/mol. The van der Waals surface area contributed by atoms with Crippen LogP contribution in [0.2, 0.25) is 0 Å². The van der Waals surface area contributed by atoms with Gasteiger partial charge in [-0.2, -0.15) is 0 Å². The minimum atomic E-state index is 0.690. The van der Waals surface area contributed by atoms with Gasteiger partial charge < -0.3 is 4.90 Å². The van der Waals surface area contributed by atoms with Gasteiger partial charge in [0.05, 0.1) is 0 Å². The molecule has 1 unspecified atom stereocenters. The molecule has 2 aliphatic heterocycles. The van der Waals surface area contributed by atoms with Crippen molar-refractivity contribution in [1.29, 1.82) is 0 Å². The molecule has 2 nitrogen and oxygen atoms in total. The van der Waals surface area contributed by atoms with Crippen molar-refractivity contribution >= 4 is 5.82 Å². The fourth-order valence-electron chi connectivity index (χ4n) is 3.76. The lowest BCUT2D eigenvalue weighted by molar-refractivity contribution is 0.267. The first-order valence-corrected chi connectivity index (χ1v) is 7.40. The first-order valence-electron chi connectivity index (χ1n) is 7.40. The Morgan fingerprint density at radius 2 is 1.95 bits per heavy atom. The summed E-state index contributed by atoms with van der Waals surface area (Å²) in [4.78, 5) is 7.12. The molecule has 3 atom stereocenters. The molecule has 0 saturated carbocycles. The zero-order valence-electron chi connectivity index (χ0n) is 11.8. The van der Waals surface area contributed by atoms with Gasteiger partial charge in [-0.05, 0) is 49.7 Å². The Kier molecular flexibility index (Phi) is 3.22. The molecule has 19 heavy (non-hydrogen) atoms. The molecular weight excluding hydrogens is 232 g/mol. The Labute approximate surface area is 116 Å². The van der Waals surface area contributed by atoms with Crippen LogP contribution in [-0.2, 0) is 0 Å². The van der Waals surface area contributed by atoms with E-state index in [-0.39, 0.29) is 0 Å². The average Bonchev–Trinajstić information content (AvgIpc) is 2.68. The number of nitrogens with zero attached hydrogens (tertiary/aromatic N) is 2. The summed E-state index contributed by atoms with van der Waals surface area (Å²) in [5.74, 6) is 5.45. The van der Waals surface area contributed by atoms with Crippen LogP contribution >= 0.6 is 0 Å². The monoisotopic (exact) mass is 254 g/mol. The fraction of sp³-hybridized carbons (Fsp3) is 0.588. The van der Waals surface area contributed by atoms with Crippen LogP contribution in [0.25, 0.3) is 0 Å². The zero-order valence-corrected chi connectivity index (χ0v) is 11.8. The van der Waals surface area contributed by atoms with E-state index in [9.17, 15) is 0 Å². The van der Waals surface area contributed by atoms with E-state index in [1.54, 1.807) is 0 Å². The van der Waals surface area contributed by atoms with Crippen LogP contribution in [0, 0.1) is 24.2 Å². The first kappa shape index (κ1) is 12.5. The summed E-state index contributed by atoms with van der Waals surface area (Å²) < 4.78 is 0. The van der Waals surface area contributed by atoms with Crippen LogP contribution in [0.1, 0.15) is 45.1 Å². The van der Waals surface area contributed by atoms with E-state index in [2.05, 4.69) is 35.7 Å². The normalized spacial score (nSPS) is 29.6. The highest BCUT2D eigenvalue weighted by Crippen LogP contribution is 2.43. The van der Waals surface area contributed by atoms with Crippen LogP contribution in [0.15, 0.2) is 18.3 Å². The fourth-order valence-corrected chi connectivity index (χ4v) is 3.76. The Hall–Kier alpha value is -1.49. The summed E-state index contributed by atoms with van der Waals surface area (Å²) in [5, 5.41) is 0. The average molecular weight is 254 g/mol. The van der Waals surface area contributed by atoms with Crippen LogP contribution in [0.5, 0.6) is 0 Å². The Balaban J connectivity index is 1.81. The molecular formula is C17H22N2. The van der Waals surface area contributed by atoms with Crippen molar-refractivity contribution in [3.8, 4) is 12.3 Å². The second-order valence-corrected chi connectivity index (χ2v) is 6.32. The highest BCUT2D eigenvalue weighted by molar-refractivity contribution is 5.46. The van der Waals surface area contributed by atoms with E-state index >= 15 is 0 Å². The van der Waals surface area contributed by atoms with Crippen molar-refractivity contribution in [2.24, 2.45) is 11.8 Å². The molecule has 0 spiro atoms. The summed E-state index contributed by atoms with van der Waals surface area (Å²) in [7, 11) is 0. The lowest BCUT2D eigenvalue weighted by atomic mass is 9.82. The predicted octanol–water partition coefficient (Wildman–Crippen LogP) is 3.47. The molecule has 1 aromatic rings. The van der Waals surface area contributed by atoms with Crippen molar-refractivity contribution in [1.82, 2.24) is 4.98 Å². The summed E-state index contributed by atoms with van der Waals surface area (Å²) in [6, 6.07) is 5.48. The number of hydrogen-bond donors (Lipinski definition) is 0. The third kappa shape index (κ3) is 2.23. The molecule has 2 fully saturated rings. The second-order valence-electron chi connectivity index (χ2n) is 6.32. The van der Waals surface area contributed by atoms with E-state index in [0.717, 1.165) is 23.2 Å². The summed E-state index contributed by atoms with van der Waals surface area (Å²) in [5.41, 5.74) is 0.869. The molecule has 2 heteroatoms. The SMILES string of the molecule is C#Cc1ccc(N2C3CC[C@@H]2C[C@@H](C(C)C)C3)nc1. The molecule has 0 aromatic carbocycles. The number of hydrogen-bond acceptors (Lipinski definition) is 2. The van der Waals surface area contributed by atoms with Gasteiger partial charge in [0.2, 0.25) is 0 Å². The van der Waals surface area contributed by atoms with Crippen molar-refractivity contribution in [3.05, 3.63) is 23.9 Å². The standard InChI is InChI=1S/C17H22N2/c1-4-13-5-8-17(18-11-13)19-15-6-7-16(19)10-14(9-15)12(2)3/h1,5,8,11-12,14-16H,6-7,9-10H2,2-3H3/t14-,15-,16?/m1/s1. The van der Waals surface area contributed by atoms with Gasteiger partial charge in [-0.15, -0.1) is 6.42 Å². The summed E-state index contributed by atoms with van der Waals surface area (Å²) in [6.45, 7) is 4.72. The second kappa shape index (κ2) is 4.89. The molecule has 2 aliphatic rings.